The second kappa shape index (κ2) is 7.41. The molecule has 5 rings (SSSR count). The third-order valence-corrected chi connectivity index (χ3v) is 7.37. The van der Waals surface area contributed by atoms with Gasteiger partial charge in [-0.3, -0.25) is 5.43 Å². The van der Waals surface area contributed by atoms with E-state index < -0.39 is 12.3 Å². The molecular formula is C21H32FN5O2. The first-order chi connectivity index (χ1) is 14.0. The Morgan fingerprint density at radius 2 is 2.00 bits per heavy atom. The van der Waals surface area contributed by atoms with Gasteiger partial charge >= 0.3 is 0 Å². The maximum atomic E-state index is 14.3. The van der Waals surface area contributed by atoms with Crippen LogP contribution in [0.4, 0.5) is 10.2 Å². The van der Waals surface area contributed by atoms with E-state index in [9.17, 15) is 9.50 Å². The highest BCUT2D eigenvalue weighted by Gasteiger charge is 2.46. The number of rotatable bonds is 5. The van der Waals surface area contributed by atoms with Crippen LogP contribution in [0.3, 0.4) is 0 Å². The summed E-state index contributed by atoms with van der Waals surface area (Å²) in [6.45, 7) is 2.94. The van der Waals surface area contributed by atoms with Gasteiger partial charge < -0.3 is 14.7 Å². The molecule has 0 radical (unpaired) electrons. The number of nitrogens with zero attached hydrogens (tertiary/aromatic N) is 3. The zero-order valence-electron chi connectivity index (χ0n) is 17.1. The van der Waals surface area contributed by atoms with E-state index in [2.05, 4.69) is 32.6 Å². The van der Waals surface area contributed by atoms with E-state index in [1.165, 1.54) is 12.8 Å². The van der Waals surface area contributed by atoms with Gasteiger partial charge in [0.1, 0.15) is 17.8 Å². The zero-order valence-corrected chi connectivity index (χ0v) is 17.1. The maximum Gasteiger partial charge on any atom is 0.137 e. The predicted octanol–water partition coefficient (Wildman–Crippen LogP) is 2.03. The molecule has 3 heterocycles. The Morgan fingerprint density at radius 1 is 1.21 bits per heavy atom. The Balaban J connectivity index is 1.28. The fraction of sp³-hybridized carbons (Fsp3) is 0.810. The molecular weight excluding hydrogens is 373 g/mol. The molecule has 2 saturated carbocycles. The van der Waals surface area contributed by atoms with Crippen LogP contribution < -0.4 is 15.8 Å². The van der Waals surface area contributed by atoms with Gasteiger partial charge in [-0.1, -0.05) is 0 Å². The number of nitrogens with one attached hydrogen (secondary N) is 2. The minimum absolute atomic E-state index is 0.114. The molecule has 4 aliphatic rings. The second-order valence-electron chi connectivity index (χ2n) is 9.64. The molecule has 3 N–H and O–H groups in total. The van der Waals surface area contributed by atoms with Crippen LogP contribution in [0.25, 0.3) is 0 Å². The highest BCUT2D eigenvalue weighted by atomic mass is 19.1. The summed E-state index contributed by atoms with van der Waals surface area (Å²) in [5, 5.41) is 9.26. The molecule has 4 atom stereocenters. The smallest absolute Gasteiger partial charge is 0.137 e. The molecule has 2 aliphatic carbocycles. The number of hydrogen-bond acceptors (Lipinski definition) is 7. The number of ether oxygens (including phenoxy) is 1. The molecule has 2 saturated heterocycles. The molecule has 8 heteroatoms. The van der Waals surface area contributed by atoms with E-state index in [1.807, 2.05) is 6.07 Å². The van der Waals surface area contributed by atoms with Crippen LogP contribution in [0, 0.1) is 5.92 Å². The van der Waals surface area contributed by atoms with Crippen molar-refractivity contribution in [3.63, 3.8) is 0 Å². The van der Waals surface area contributed by atoms with Crippen molar-refractivity contribution in [3.8, 4) is 0 Å². The van der Waals surface area contributed by atoms with Gasteiger partial charge in [0.2, 0.25) is 0 Å². The van der Waals surface area contributed by atoms with Crippen LogP contribution in [0.2, 0.25) is 0 Å². The summed E-state index contributed by atoms with van der Waals surface area (Å²) in [5.41, 5.74) is 6.57. The summed E-state index contributed by atoms with van der Waals surface area (Å²) in [6.07, 6.45) is 8.21. The Kier molecular flexibility index (Phi) is 5.01. The summed E-state index contributed by atoms with van der Waals surface area (Å²) in [5.74, 6) is 1.28. The molecule has 160 valence electrons. The van der Waals surface area contributed by atoms with Crippen molar-refractivity contribution in [1.82, 2.24) is 20.8 Å². The number of hydrogen-bond donors (Lipinski definition) is 3. The number of alkyl halides is 1. The minimum Gasteiger partial charge on any atom is -0.393 e. The van der Waals surface area contributed by atoms with Crippen LogP contribution in [0.5, 0.6) is 0 Å². The van der Waals surface area contributed by atoms with Gasteiger partial charge in [0.05, 0.1) is 30.0 Å². The number of piperidine rings is 1. The first-order valence-electron chi connectivity index (χ1n) is 11.0. The third kappa shape index (κ3) is 4.00. The third-order valence-electron chi connectivity index (χ3n) is 7.37. The van der Waals surface area contributed by atoms with Gasteiger partial charge in [-0.25, -0.2) is 19.8 Å². The van der Waals surface area contributed by atoms with Crippen molar-refractivity contribution in [2.24, 2.45) is 5.92 Å². The maximum absolute atomic E-state index is 14.3. The zero-order chi connectivity index (χ0) is 20.1. The average molecular weight is 406 g/mol. The van der Waals surface area contributed by atoms with Crippen LogP contribution in [-0.4, -0.2) is 58.2 Å². The van der Waals surface area contributed by atoms with Crippen molar-refractivity contribution in [3.05, 3.63) is 18.1 Å². The standard InChI is InChI=1S/C21H32FN5O2/c1-20(4-5-20)29-14-2-3-16-15(10-14)19(26-25-16)17-11-18(24-13-23-17)27-8-6-21(22,12-28)7-9-27/h11,13-16,19,25-26,28H,2-10,12H2,1H3. The normalized spacial score (nSPS) is 35.3. The van der Waals surface area contributed by atoms with Crippen molar-refractivity contribution < 1.29 is 14.2 Å². The van der Waals surface area contributed by atoms with E-state index in [-0.39, 0.29) is 11.6 Å². The van der Waals surface area contributed by atoms with Crippen molar-refractivity contribution in [2.75, 3.05) is 24.6 Å². The molecule has 4 unspecified atom stereocenters. The number of aliphatic hydroxyl groups excluding tert-OH is 1. The lowest BCUT2D eigenvalue weighted by atomic mass is 9.79. The summed E-state index contributed by atoms with van der Waals surface area (Å²) in [7, 11) is 0. The number of fused-ring (bicyclic) bond motifs is 1. The lowest BCUT2D eigenvalue weighted by Gasteiger charge is -2.36. The fourth-order valence-electron chi connectivity index (χ4n) is 5.11. The van der Waals surface area contributed by atoms with Gasteiger partial charge in [0, 0.05) is 44.0 Å². The average Bonchev–Trinajstić information content (AvgIpc) is 3.31. The summed E-state index contributed by atoms with van der Waals surface area (Å²) >= 11 is 0. The van der Waals surface area contributed by atoms with Crippen LogP contribution in [-0.2, 0) is 4.74 Å². The quantitative estimate of drug-likeness (QED) is 0.691. The number of hydrazine groups is 1. The lowest BCUT2D eigenvalue weighted by Crippen LogP contribution is -2.44. The highest BCUT2D eigenvalue weighted by molar-refractivity contribution is 5.40. The Hall–Kier alpha value is -1.35. The van der Waals surface area contributed by atoms with Gasteiger partial charge in [0.25, 0.3) is 0 Å². The van der Waals surface area contributed by atoms with E-state index >= 15 is 0 Å². The van der Waals surface area contributed by atoms with Gasteiger partial charge in [-0.05, 0) is 39.0 Å². The monoisotopic (exact) mass is 405 g/mol. The van der Waals surface area contributed by atoms with Crippen molar-refractivity contribution >= 4 is 5.82 Å². The summed E-state index contributed by atoms with van der Waals surface area (Å²) in [4.78, 5) is 11.1. The fourth-order valence-corrected chi connectivity index (χ4v) is 5.11. The SMILES string of the molecule is CC1(OC2CCC3NNC(c4cc(N5CCC(F)(CO)CC5)ncn4)C3C2)CC1. The summed E-state index contributed by atoms with van der Waals surface area (Å²) in [6, 6.07) is 2.61. The molecule has 1 aromatic heterocycles. The molecule has 4 fully saturated rings. The number of aromatic nitrogens is 2. The number of anilines is 1. The van der Waals surface area contributed by atoms with Crippen molar-refractivity contribution in [1.29, 1.82) is 0 Å². The van der Waals surface area contributed by atoms with Crippen molar-refractivity contribution in [2.45, 2.75) is 81.3 Å². The predicted molar refractivity (Wildman–Crippen MR) is 107 cm³/mol. The lowest BCUT2D eigenvalue weighted by molar-refractivity contribution is -0.0500. The van der Waals surface area contributed by atoms with Gasteiger partial charge in [0.15, 0.2) is 0 Å². The topological polar surface area (TPSA) is 82.5 Å². The van der Waals surface area contributed by atoms with Crippen LogP contribution in [0.1, 0.15) is 63.6 Å². The van der Waals surface area contributed by atoms with Crippen LogP contribution in [0.15, 0.2) is 12.4 Å². The molecule has 0 bridgehead atoms. The first-order valence-corrected chi connectivity index (χ1v) is 11.0. The highest BCUT2D eigenvalue weighted by Crippen LogP contribution is 2.45. The van der Waals surface area contributed by atoms with E-state index in [0.717, 1.165) is 30.8 Å². The second-order valence-corrected chi connectivity index (χ2v) is 9.64. The van der Waals surface area contributed by atoms with E-state index in [4.69, 9.17) is 4.74 Å². The molecule has 2 aliphatic heterocycles. The largest absolute Gasteiger partial charge is 0.393 e. The molecule has 7 nitrogen and oxygen atoms in total. The van der Waals surface area contributed by atoms with E-state index in [0.29, 0.717) is 44.0 Å². The number of aliphatic hydroxyl groups is 1. The Labute approximate surface area is 171 Å². The molecule has 0 aromatic carbocycles. The van der Waals surface area contributed by atoms with Gasteiger partial charge in [-0.15, -0.1) is 0 Å². The van der Waals surface area contributed by atoms with E-state index in [1.54, 1.807) is 6.33 Å². The Bertz CT molecular complexity index is 738. The molecule has 0 amide bonds. The van der Waals surface area contributed by atoms with Gasteiger partial charge in [-0.2, -0.15) is 0 Å². The molecule has 1 aromatic rings. The van der Waals surface area contributed by atoms with Crippen LogP contribution >= 0.6 is 0 Å². The molecule has 29 heavy (non-hydrogen) atoms. The summed E-state index contributed by atoms with van der Waals surface area (Å²) < 4.78 is 20.7. The molecule has 0 spiro atoms. The first kappa shape index (κ1) is 19.6. The Morgan fingerprint density at radius 3 is 2.72 bits per heavy atom. The number of halogens is 1. The minimum atomic E-state index is -1.45.